The number of carboxylic acid groups (broad SMARTS) is 1. The van der Waals surface area contributed by atoms with Crippen LogP contribution >= 0.6 is 22.7 Å². The van der Waals surface area contributed by atoms with Gasteiger partial charge >= 0.3 is 5.97 Å². The molecule has 0 radical (unpaired) electrons. The second kappa shape index (κ2) is 6.62. The predicted molar refractivity (Wildman–Crippen MR) is 79.3 cm³/mol. The van der Waals surface area contributed by atoms with Crippen LogP contribution in [0.1, 0.15) is 23.8 Å². The first-order valence-corrected chi connectivity index (χ1v) is 7.88. The highest BCUT2D eigenvalue weighted by Gasteiger charge is 2.18. The monoisotopic (exact) mass is 310 g/mol. The predicted octanol–water partition coefficient (Wildman–Crippen LogP) is 2.81. The molecule has 2 rings (SSSR count). The Bertz CT molecular complexity index is 593. The Morgan fingerprint density at radius 3 is 2.80 bits per heavy atom. The number of carbonyl (C=O) groups is 2. The van der Waals surface area contributed by atoms with Gasteiger partial charge in [-0.2, -0.15) is 0 Å². The van der Waals surface area contributed by atoms with Crippen molar-refractivity contribution in [3.63, 3.8) is 0 Å². The van der Waals surface area contributed by atoms with Crippen molar-refractivity contribution >= 4 is 34.6 Å². The fraction of sp³-hybridized carbons (Fsp3) is 0.308. The van der Waals surface area contributed by atoms with E-state index < -0.39 is 5.97 Å². The van der Waals surface area contributed by atoms with Gasteiger partial charge in [-0.3, -0.25) is 9.59 Å². The molecule has 0 bridgehead atoms. The van der Waals surface area contributed by atoms with Crippen molar-refractivity contribution in [3.05, 3.63) is 28.6 Å². The largest absolute Gasteiger partial charge is 0.481 e. The zero-order valence-electron chi connectivity index (χ0n) is 10.9. The Kier molecular flexibility index (Phi) is 4.86. The summed E-state index contributed by atoms with van der Waals surface area (Å²) in [5.74, 6) is -1.12. The molecule has 1 N–H and O–H groups in total. The van der Waals surface area contributed by atoms with Gasteiger partial charge in [-0.15, -0.1) is 22.7 Å². The van der Waals surface area contributed by atoms with Crippen molar-refractivity contribution < 1.29 is 14.7 Å². The maximum absolute atomic E-state index is 12.3. The maximum atomic E-state index is 12.3. The molecule has 0 saturated carbocycles. The molecule has 1 amide bonds. The third-order valence-electron chi connectivity index (χ3n) is 2.72. The smallest absolute Gasteiger partial charge is 0.305 e. The molecule has 2 aromatic rings. The first kappa shape index (κ1) is 14.7. The summed E-state index contributed by atoms with van der Waals surface area (Å²) in [5, 5.41) is 13.2. The summed E-state index contributed by atoms with van der Waals surface area (Å²) in [7, 11) is 0. The van der Waals surface area contributed by atoms with Gasteiger partial charge in [0.15, 0.2) is 0 Å². The Hall–Kier alpha value is -1.73. The lowest BCUT2D eigenvalue weighted by Gasteiger charge is -2.18. The van der Waals surface area contributed by atoms with Crippen LogP contribution in [-0.4, -0.2) is 40.0 Å². The highest BCUT2D eigenvalue weighted by molar-refractivity contribution is 7.20. The quantitative estimate of drug-likeness (QED) is 0.890. The number of hydrogen-bond acceptors (Lipinski definition) is 5. The molecule has 0 aromatic carbocycles. The molecule has 5 nitrogen and oxygen atoms in total. The summed E-state index contributed by atoms with van der Waals surface area (Å²) in [5.41, 5.74) is 0.380. The Balaban J connectivity index is 2.10. The maximum Gasteiger partial charge on any atom is 0.305 e. The van der Waals surface area contributed by atoms with E-state index in [-0.39, 0.29) is 18.9 Å². The summed E-state index contributed by atoms with van der Waals surface area (Å²) in [6.07, 6.45) is -0.0541. The van der Waals surface area contributed by atoms with Crippen LogP contribution in [0, 0.1) is 0 Å². The van der Waals surface area contributed by atoms with Gasteiger partial charge < -0.3 is 10.0 Å². The molecule has 0 fully saturated rings. The number of thiazole rings is 1. The third-order valence-corrected chi connectivity index (χ3v) is 4.60. The Labute approximate surface area is 124 Å². The van der Waals surface area contributed by atoms with E-state index in [1.165, 1.54) is 16.2 Å². The molecule has 0 spiro atoms. The van der Waals surface area contributed by atoms with Crippen LogP contribution in [0.25, 0.3) is 9.88 Å². The highest BCUT2D eigenvalue weighted by Crippen LogP contribution is 2.28. The van der Waals surface area contributed by atoms with Crippen LogP contribution in [0.15, 0.2) is 22.9 Å². The van der Waals surface area contributed by atoms with Crippen LogP contribution in [-0.2, 0) is 4.79 Å². The molecule has 7 heteroatoms. The lowest BCUT2D eigenvalue weighted by molar-refractivity contribution is -0.137. The fourth-order valence-electron chi connectivity index (χ4n) is 1.68. The summed E-state index contributed by atoms with van der Waals surface area (Å²) in [6.45, 7) is 2.50. The minimum absolute atomic E-state index is 0.0541. The second-order valence-corrected chi connectivity index (χ2v) is 5.85. The number of aliphatic carboxylic acids is 1. The number of hydrogen-bond donors (Lipinski definition) is 1. The van der Waals surface area contributed by atoms with E-state index in [0.29, 0.717) is 12.2 Å². The minimum Gasteiger partial charge on any atom is -0.481 e. The zero-order chi connectivity index (χ0) is 14.5. The van der Waals surface area contributed by atoms with E-state index in [1.807, 2.05) is 24.4 Å². The van der Waals surface area contributed by atoms with Crippen molar-refractivity contribution in [2.75, 3.05) is 13.1 Å². The molecule has 0 atom stereocenters. The molecule has 0 aliphatic heterocycles. The van der Waals surface area contributed by atoms with Gasteiger partial charge in [0, 0.05) is 18.5 Å². The van der Waals surface area contributed by atoms with Crippen LogP contribution in [0.3, 0.4) is 0 Å². The van der Waals surface area contributed by atoms with Crippen molar-refractivity contribution in [2.24, 2.45) is 0 Å². The van der Waals surface area contributed by atoms with E-state index in [0.717, 1.165) is 9.88 Å². The molecule has 20 heavy (non-hydrogen) atoms. The zero-order valence-corrected chi connectivity index (χ0v) is 12.5. The number of nitrogens with zero attached hydrogens (tertiary/aromatic N) is 2. The topological polar surface area (TPSA) is 70.5 Å². The van der Waals surface area contributed by atoms with E-state index in [1.54, 1.807) is 16.7 Å². The van der Waals surface area contributed by atoms with E-state index in [4.69, 9.17) is 5.11 Å². The first-order valence-electron chi connectivity index (χ1n) is 6.12. The minimum atomic E-state index is -0.909. The summed E-state index contributed by atoms with van der Waals surface area (Å²) >= 11 is 3.00. The van der Waals surface area contributed by atoms with Crippen LogP contribution in [0.5, 0.6) is 0 Å². The first-order chi connectivity index (χ1) is 9.61. The van der Waals surface area contributed by atoms with Crippen LogP contribution in [0.4, 0.5) is 0 Å². The SMILES string of the molecule is CCN(CCC(=O)O)C(=O)c1csc(-c2cccs2)n1. The van der Waals surface area contributed by atoms with Crippen LogP contribution < -0.4 is 0 Å². The third kappa shape index (κ3) is 3.43. The van der Waals surface area contributed by atoms with Crippen molar-refractivity contribution in [1.82, 2.24) is 9.88 Å². The molecule has 0 aliphatic rings. The number of rotatable bonds is 6. The lowest BCUT2D eigenvalue weighted by atomic mass is 10.3. The normalized spacial score (nSPS) is 10.4. The van der Waals surface area contributed by atoms with Crippen molar-refractivity contribution in [1.29, 1.82) is 0 Å². The van der Waals surface area contributed by atoms with Gasteiger partial charge in [0.2, 0.25) is 0 Å². The van der Waals surface area contributed by atoms with Gasteiger partial charge in [-0.25, -0.2) is 4.98 Å². The molecule has 2 heterocycles. The Morgan fingerprint density at radius 1 is 1.40 bits per heavy atom. The van der Waals surface area contributed by atoms with Crippen LogP contribution in [0.2, 0.25) is 0 Å². The van der Waals surface area contributed by atoms with Gasteiger partial charge in [-0.1, -0.05) is 6.07 Å². The second-order valence-electron chi connectivity index (χ2n) is 4.04. The molecule has 0 unspecified atom stereocenters. The molecule has 106 valence electrons. The molecular formula is C13H14N2O3S2. The molecule has 0 saturated heterocycles. The highest BCUT2D eigenvalue weighted by atomic mass is 32.1. The summed E-state index contributed by atoms with van der Waals surface area (Å²) in [4.78, 5) is 29.7. The number of carbonyl (C=O) groups excluding carboxylic acids is 1. The van der Waals surface area contributed by atoms with Gasteiger partial charge in [-0.05, 0) is 18.4 Å². The molecule has 2 aromatic heterocycles. The fourth-order valence-corrected chi connectivity index (χ4v) is 3.29. The van der Waals surface area contributed by atoms with E-state index in [9.17, 15) is 9.59 Å². The number of amides is 1. The standard InChI is InChI=1S/C13H14N2O3S2/c1-2-15(6-5-11(16)17)13(18)9-8-20-12(14-9)10-4-3-7-19-10/h3-4,7-8H,2,5-6H2,1H3,(H,16,17). The van der Waals surface area contributed by atoms with Gasteiger partial charge in [0.1, 0.15) is 10.7 Å². The average Bonchev–Trinajstić information content (AvgIpc) is 3.09. The van der Waals surface area contributed by atoms with E-state index in [2.05, 4.69) is 4.98 Å². The van der Waals surface area contributed by atoms with Gasteiger partial charge in [0.05, 0.1) is 11.3 Å². The summed E-state index contributed by atoms with van der Waals surface area (Å²) < 4.78 is 0. The molecular weight excluding hydrogens is 296 g/mol. The summed E-state index contributed by atoms with van der Waals surface area (Å²) in [6, 6.07) is 3.90. The molecule has 0 aliphatic carbocycles. The number of aromatic nitrogens is 1. The van der Waals surface area contributed by atoms with Crippen molar-refractivity contribution in [2.45, 2.75) is 13.3 Å². The number of thiophene rings is 1. The van der Waals surface area contributed by atoms with Crippen molar-refractivity contribution in [3.8, 4) is 9.88 Å². The lowest BCUT2D eigenvalue weighted by Crippen LogP contribution is -2.33. The number of carboxylic acids is 1. The van der Waals surface area contributed by atoms with Gasteiger partial charge in [0.25, 0.3) is 5.91 Å². The Morgan fingerprint density at radius 2 is 2.20 bits per heavy atom. The van der Waals surface area contributed by atoms with E-state index >= 15 is 0 Å². The average molecular weight is 310 g/mol.